The lowest BCUT2D eigenvalue weighted by molar-refractivity contribution is -0.255. The van der Waals surface area contributed by atoms with E-state index in [-0.39, 0.29) is 5.56 Å². The third-order valence-corrected chi connectivity index (χ3v) is 1.90. The van der Waals surface area contributed by atoms with Crippen LogP contribution in [0.1, 0.15) is 15.9 Å². The van der Waals surface area contributed by atoms with Crippen molar-refractivity contribution in [2.45, 2.75) is 6.92 Å². The molecule has 2 nitrogen and oxygen atoms in total. The second-order valence-corrected chi connectivity index (χ2v) is 3.16. The molecule has 1 rings (SSSR count). The summed E-state index contributed by atoms with van der Waals surface area (Å²) in [6.45, 7) is 1.73. The Labute approximate surface area is 73.0 Å². The summed E-state index contributed by atoms with van der Waals surface area (Å²) < 4.78 is 0.875. The van der Waals surface area contributed by atoms with E-state index in [1.54, 1.807) is 19.1 Å². The minimum absolute atomic E-state index is 0.244. The van der Waals surface area contributed by atoms with Crippen molar-refractivity contribution in [2.24, 2.45) is 0 Å². The predicted molar refractivity (Wildman–Crippen MR) is 43.2 cm³/mol. The van der Waals surface area contributed by atoms with E-state index < -0.39 is 5.97 Å². The quantitative estimate of drug-likeness (QED) is 0.702. The molecular weight excluding hydrogens is 208 g/mol. The van der Waals surface area contributed by atoms with Crippen LogP contribution < -0.4 is 5.11 Å². The molecule has 3 heteroatoms. The third-order valence-electron chi connectivity index (χ3n) is 1.41. The highest BCUT2D eigenvalue weighted by atomic mass is 79.9. The topological polar surface area (TPSA) is 40.1 Å². The van der Waals surface area contributed by atoms with Gasteiger partial charge in [0, 0.05) is 10.0 Å². The van der Waals surface area contributed by atoms with Crippen LogP contribution >= 0.6 is 15.9 Å². The standard InChI is InChI=1S/C8H7BrO2/c1-5-4-6(9)2-3-7(5)8(10)11/h2-4H,1H3,(H,10,11)/p-1. The first-order chi connectivity index (χ1) is 5.11. The lowest BCUT2D eigenvalue weighted by Crippen LogP contribution is -2.23. The summed E-state index contributed by atoms with van der Waals surface area (Å²) in [5.41, 5.74) is 0.951. The Hall–Kier alpha value is -0.830. The molecule has 0 saturated heterocycles. The Morgan fingerprint density at radius 3 is 2.64 bits per heavy atom. The van der Waals surface area contributed by atoms with Gasteiger partial charge in [0.05, 0.1) is 5.97 Å². The van der Waals surface area contributed by atoms with Gasteiger partial charge < -0.3 is 9.90 Å². The van der Waals surface area contributed by atoms with E-state index in [0.717, 1.165) is 4.47 Å². The number of hydrogen-bond acceptors (Lipinski definition) is 2. The fourth-order valence-electron chi connectivity index (χ4n) is 0.856. The maximum Gasteiger partial charge on any atom is 0.0717 e. The van der Waals surface area contributed by atoms with E-state index in [2.05, 4.69) is 15.9 Å². The fraction of sp³-hybridized carbons (Fsp3) is 0.125. The molecule has 0 heterocycles. The average molecular weight is 214 g/mol. The minimum Gasteiger partial charge on any atom is -0.545 e. The Morgan fingerprint density at radius 1 is 1.55 bits per heavy atom. The van der Waals surface area contributed by atoms with E-state index in [4.69, 9.17) is 0 Å². The zero-order valence-electron chi connectivity index (χ0n) is 5.93. The van der Waals surface area contributed by atoms with Gasteiger partial charge in [0.1, 0.15) is 0 Å². The van der Waals surface area contributed by atoms with Crippen LogP contribution in [0, 0.1) is 6.92 Å². The minimum atomic E-state index is -1.13. The number of aryl methyl sites for hydroxylation is 1. The maximum absolute atomic E-state index is 10.4. The molecule has 0 amide bonds. The van der Waals surface area contributed by atoms with Crippen molar-refractivity contribution in [3.63, 3.8) is 0 Å². The molecule has 0 spiro atoms. The van der Waals surface area contributed by atoms with Gasteiger partial charge in [-0.3, -0.25) is 0 Å². The first-order valence-electron chi connectivity index (χ1n) is 3.09. The van der Waals surface area contributed by atoms with Gasteiger partial charge in [-0.25, -0.2) is 0 Å². The molecule has 1 aromatic carbocycles. The van der Waals surface area contributed by atoms with Gasteiger partial charge in [0.15, 0.2) is 0 Å². The Bertz CT molecular complexity index is 294. The highest BCUT2D eigenvalue weighted by Crippen LogP contribution is 2.14. The summed E-state index contributed by atoms with van der Waals surface area (Å²) in [6, 6.07) is 4.94. The number of carbonyl (C=O) groups is 1. The van der Waals surface area contributed by atoms with E-state index >= 15 is 0 Å². The number of aromatic carboxylic acids is 1. The summed E-state index contributed by atoms with van der Waals surface area (Å²) in [6.07, 6.45) is 0. The Morgan fingerprint density at radius 2 is 2.18 bits per heavy atom. The van der Waals surface area contributed by atoms with Crippen molar-refractivity contribution >= 4 is 21.9 Å². The summed E-state index contributed by atoms with van der Waals surface area (Å²) in [5, 5.41) is 10.4. The average Bonchev–Trinajstić information content (AvgIpc) is 1.85. The number of rotatable bonds is 1. The van der Waals surface area contributed by atoms with Crippen molar-refractivity contribution in [1.29, 1.82) is 0 Å². The summed E-state index contributed by atoms with van der Waals surface area (Å²) >= 11 is 3.23. The molecule has 0 atom stereocenters. The summed E-state index contributed by atoms with van der Waals surface area (Å²) in [4.78, 5) is 10.4. The second-order valence-electron chi connectivity index (χ2n) is 2.25. The molecule has 0 saturated carbocycles. The molecule has 0 aromatic heterocycles. The van der Waals surface area contributed by atoms with Crippen molar-refractivity contribution < 1.29 is 9.90 Å². The van der Waals surface area contributed by atoms with Crippen molar-refractivity contribution in [1.82, 2.24) is 0 Å². The van der Waals surface area contributed by atoms with Gasteiger partial charge in [-0.2, -0.15) is 0 Å². The molecule has 0 aliphatic heterocycles. The van der Waals surface area contributed by atoms with E-state index in [9.17, 15) is 9.90 Å². The largest absolute Gasteiger partial charge is 0.545 e. The molecule has 0 bridgehead atoms. The number of hydrogen-bond donors (Lipinski definition) is 0. The predicted octanol–water partition coefficient (Wildman–Crippen LogP) is 1.12. The molecule has 0 aliphatic carbocycles. The van der Waals surface area contributed by atoms with Crippen LogP contribution in [-0.2, 0) is 0 Å². The molecule has 1 aromatic rings. The second kappa shape index (κ2) is 3.05. The van der Waals surface area contributed by atoms with Crippen molar-refractivity contribution in [3.8, 4) is 0 Å². The van der Waals surface area contributed by atoms with Crippen LogP contribution in [0.25, 0.3) is 0 Å². The van der Waals surface area contributed by atoms with Crippen LogP contribution in [0.3, 0.4) is 0 Å². The monoisotopic (exact) mass is 213 g/mol. The van der Waals surface area contributed by atoms with Gasteiger partial charge in [-0.05, 0) is 24.6 Å². The number of carboxylic acid groups (broad SMARTS) is 1. The Balaban J connectivity index is 3.20. The van der Waals surface area contributed by atoms with Gasteiger partial charge in [-0.1, -0.05) is 22.0 Å². The number of halogens is 1. The molecule has 58 valence electrons. The first kappa shape index (κ1) is 8.27. The number of benzene rings is 1. The third kappa shape index (κ3) is 1.80. The molecule has 0 aliphatic rings. The molecule has 0 N–H and O–H groups in total. The zero-order chi connectivity index (χ0) is 8.43. The molecule has 0 fully saturated rings. The van der Waals surface area contributed by atoms with Crippen molar-refractivity contribution in [2.75, 3.05) is 0 Å². The van der Waals surface area contributed by atoms with Crippen LogP contribution in [0.2, 0.25) is 0 Å². The lowest BCUT2D eigenvalue weighted by atomic mass is 10.1. The van der Waals surface area contributed by atoms with Gasteiger partial charge in [-0.15, -0.1) is 0 Å². The highest BCUT2D eigenvalue weighted by molar-refractivity contribution is 9.10. The zero-order valence-corrected chi connectivity index (χ0v) is 7.51. The van der Waals surface area contributed by atoms with Crippen LogP contribution in [0.4, 0.5) is 0 Å². The van der Waals surface area contributed by atoms with Crippen LogP contribution in [0.5, 0.6) is 0 Å². The molecule has 11 heavy (non-hydrogen) atoms. The fourth-order valence-corrected chi connectivity index (χ4v) is 1.33. The van der Waals surface area contributed by atoms with Gasteiger partial charge in [0.25, 0.3) is 0 Å². The number of carbonyl (C=O) groups excluding carboxylic acids is 1. The normalized spacial score (nSPS) is 9.64. The van der Waals surface area contributed by atoms with Crippen LogP contribution in [0.15, 0.2) is 22.7 Å². The SMILES string of the molecule is Cc1cc(Br)ccc1C(=O)[O-]. The summed E-state index contributed by atoms with van der Waals surface area (Å²) in [5.74, 6) is -1.13. The molecular formula is C8H6BrO2-. The van der Waals surface area contributed by atoms with Crippen molar-refractivity contribution in [3.05, 3.63) is 33.8 Å². The molecule has 0 radical (unpaired) electrons. The van der Waals surface area contributed by atoms with E-state index in [0.29, 0.717) is 5.56 Å². The maximum atomic E-state index is 10.4. The number of carboxylic acids is 1. The smallest absolute Gasteiger partial charge is 0.0717 e. The van der Waals surface area contributed by atoms with Crippen LogP contribution in [-0.4, -0.2) is 5.97 Å². The molecule has 0 unspecified atom stereocenters. The first-order valence-corrected chi connectivity index (χ1v) is 3.88. The van der Waals surface area contributed by atoms with E-state index in [1.165, 1.54) is 6.07 Å². The van der Waals surface area contributed by atoms with Gasteiger partial charge >= 0.3 is 0 Å². The van der Waals surface area contributed by atoms with Gasteiger partial charge in [0.2, 0.25) is 0 Å². The summed E-state index contributed by atoms with van der Waals surface area (Å²) in [7, 11) is 0. The lowest BCUT2D eigenvalue weighted by Gasteiger charge is -2.05. The Kier molecular flexibility index (Phi) is 2.29. The van der Waals surface area contributed by atoms with E-state index in [1.807, 2.05) is 0 Å². The highest BCUT2D eigenvalue weighted by Gasteiger charge is 1.97.